The molecule has 2 nitrogen and oxygen atoms in total. The lowest BCUT2D eigenvalue weighted by Crippen LogP contribution is -2.18. The number of benzene rings is 2. The van der Waals surface area contributed by atoms with Crippen molar-refractivity contribution in [3.8, 4) is 5.75 Å². The summed E-state index contributed by atoms with van der Waals surface area (Å²) in [4.78, 5) is 0. The number of ether oxygens (including phenoxy) is 1. The molecule has 0 amide bonds. The second-order valence-electron chi connectivity index (χ2n) is 5.27. The van der Waals surface area contributed by atoms with E-state index in [4.69, 9.17) is 4.74 Å². The van der Waals surface area contributed by atoms with Gasteiger partial charge in [0.1, 0.15) is 11.6 Å². The number of rotatable bonds is 5. The second-order valence-corrected chi connectivity index (χ2v) is 6.13. The van der Waals surface area contributed by atoms with Gasteiger partial charge < -0.3 is 10.1 Å². The van der Waals surface area contributed by atoms with Crippen LogP contribution in [0, 0.1) is 5.82 Å². The highest BCUT2D eigenvalue weighted by atomic mass is 79.9. The zero-order valence-corrected chi connectivity index (χ0v) is 13.4. The van der Waals surface area contributed by atoms with Crippen LogP contribution in [0.4, 0.5) is 4.39 Å². The molecule has 0 aromatic heterocycles. The fraction of sp³-hybridized carbons (Fsp3) is 0.294. The Kier molecular flexibility index (Phi) is 4.27. The Bertz CT molecular complexity index is 625. The van der Waals surface area contributed by atoms with Gasteiger partial charge in [-0.1, -0.05) is 34.1 Å². The van der Waals surface area contributed by atoms with E-state index in [0.29, 0.717) is 6.10 Å². The van der Waals surface area contributed by atoms with E-state index in [0.717, 1.165) is 34.2 Å². The van der Waals surface area contributed by atoms with Gasteiger partial charge in [0.25, 0.3) is 0 Å². The van der Waals surface area contributed by atoms with Gasteiger partial charge in [0.15, 0.2) is 0 Å². The predicted octanol–water partition coefficient (Wildman–Crippen LogP) is 4.44. The van der Waals surface area contributed by atoms with Crippen LogP contribution in [0.1, 0.15) is 30.0 Å². The summed E-state index contributed by atoms with van der Waals surface area (Å²) in [6.45, 7) is 0. The molecule has 2 aromatic carbocycles. The first-order valence-corrected chi connectivity index (χ1v) is 7.85. The van der Waals surface area contributed by atoms with E-state index >= 15 is 0 Å². The third-order valence-electron chi connectivity index (χ3n) is 3.60. The minimum absolute atomic E-state index is 0.00921. The summed E-state index contributed by atoms with van der Waals surface area (Å²) in [6.07, 6.45) is 2.72. The molecule has 0 aliphatic heterocycles. The first-order valence-electron chi connectivity index (χ1n) is 7.06. The SMILES string of the molecule is CNC(c1ccc(OC2CC2)cc1)c1ccc(F)cc1Br. The highest BCUT2D eigenvalue weighted by Crippen LogP contribution is 2.31. The molecular weight excluding hydrogens is 333 g/mol. The molecule has 0 saturated heterocycles. The Morgan fingerprint density at radius 1 is 1.19 bits per heavy atom. The Labute approximate surface area is 132 Å². The van der Waals surface area contributed by atoms with E-state index in [1.165, 1.54) is 12.1 Å². The molecular formula is C17H17BrFNO. The highest BCUT2D eigenvalue weighted by molar-refractivity contribution is 9.10. The van der Waals surface area contributed by atoms with E-state index < -0.39 is 0 Å². The van der Waals surface area contributed by atoms with E-state index in [1.54, 1.807) is 6.07 Å². The van der Waals surface area contributed by atoms with Crippen molar-refractivity contribution in [1.29, 1.82) is 0 Å². The fourth-order valence-corrected chi connectivity index (χ4v) is 2.93. The largest absolute Gasteiger partial charge is 0.490 e. The molecule has 0 heterocycles. The van der Waals surface area contributed by atoms with E-state index in [2.05, 4.69) is 33.4 Å². The summed E-state index contributed by atoms with van der Waals surface area (Å²) in [5.74, 6) is 0.669. The van der Waals surface area contributed by atoms with Crippen LogP contribution in [0.25, 0.3) is 0 Å². The minimum atomic E-state index is -0.242. The standard InChI is InChI=1S/C17H17BrFNO/c1-20-17(15-9-4-12(19)10-16(15)18)11-2-5-13(6-3-11)21-14-7-8-14/h2-6,9-10,14,17,20H,7-8H2,1H3. The van der Waals surface area contributed by atoms with Crippen LogP contribution in [0.2, 0.25) is 0 Å². The van der Waals surface area contributed by atoms with Crippen LogP contribution in [0.3, 0.4) is 0 Å². The van der Waals surface area contributed by atoms with Crippen molar-refractivity contribution in [1.82, 2.24) is 5.32 Å². The number of hydrogen-bond acceptors (Lipinski definition) is 2. The average molecular weight is 350 g/mol. The molecule has 1 N–H and O–H groups in total. The van der Waals surface area contributed by atoms with Crippen molar-refractivity contribution in [3.63, 3.8) is 0 Å². The Hall–Kier alpha value is -1.39. The van der Waals surface area contributed by atoms with Gasteiger partial charge in [-0.15, -0.1) is 0 Å². The molecule has 1 aliphatic carbocycles. The lowest BCUT2D eigenvalue weighted by Gasteiger charge is -2.19. The van der Waals surface area contributed by atoms with Gasteiger partial charge in [0.2, 0.25) is 0 Å². The van der Waals surface area contributed by atoms with Crippen LogP contribution in [0.5, 0.6) is 5.75 Å². The van der Waals surface area contributed by atoms with Crippen LogP contribution < -0.4 is 10.1 Å². The van der Waals surface area contributed by atoms with Crippen LogP contribution in [0.15, 0.2) is 46.9 Å². The zero-order valence-electron chi connectivity index (χ0n) is 11.8. The third-order valence-corrected chi connectivity index (χ3v) is 4.29. The Balaban J connectivity index is 1.84. The van der Waals surface area contributed by atoms with Crippen LogP contribution in [-0.2, 0) is 0 Å². The van der Waals surface area contributed by atoms with Crippen molar-refractivity contribution >= 4 is 15.9 Å². The molecule has 1 aliphatic rings. The molecule has 3 rings (SSSR count). The zero-order chi connectivity index (χ0) is 14.8. The maximum Gasteiger partial charge on any atom is 0.124 e. The van der Waals surface area contributed by atoms with Crippen LogP contribution in [-0.4, -0.2) is 13.2 Å². The van der Waals surface area contributed by atoms with E-state index in [9.17, 15) is 4.39 Å². The quantitative estimate of drug-likeness (QED) is 0.861. The topological polar surface area (TPSA) is 21.3 Å². The molecule has 4 heteroatoms. The monoisotopic (exact) mass is 349 g/mol. The Morgan fingerprint density at radius 3 is 2.48 bits per heavy atom. The van der Waals surface area contributed by atoms with Gasteiger partial charge in [-0.25, -0.2) is 4.39 Å². The maximum absolute atomic E-state index is 13.2. The maximum atomic E-state index is 13.2. The number of halogens is 2. The molecule has 1 saturated carbocycles. The first kappa shape index (κ1) is 14.5. The van der Waals surface area contributed by atoms with Crippen molar-refractivity contribution in [2.45, 2.75) is 25.0 Å². The molecule has 110 valence electrons. The summed E-state index contributed by atoms with van der Waals surface area (Å²) < 4.78 is 19.8. The van der Waals surface area contributed by atoms with E-state index in [-0.39, 0.29) is 11.9 Å². The van der Waals surface area contributed by atoms with Gasteiger partial charge in [-0.05, 0) is 55.3 Å². The van der Waals surface area contributed by atoms with Gasteiger partial charge in [0.05, 0.1) is 12.1 Å². The molecule has 1 unspecified atom stereocenters. The summed E-state index contributed by atoms with van der Waals surface area (Å²) in [5.41, 5.74) is 2.13. The van der Waals surface area contributed by atoms with Crippen LogP contribution >= 0.6 is 15.9 Å². The molecule has 2 aromatic rings. The predicted molar refractivity (Wildman–Crippen MR) is 85.1 cm³/mol. The molecule has 21 heavy (non-hydrogen) atoms. The molecule has 0 bridgehead atoms. The van der Waals surface area contributed by atoms with E-state index in [1.807, 2.05) is 19.2 Å². The highest BCUT2D eigenvalue weighted by Gasteiger charge is 2.23. The Morgan fingerprint density at radius 2 is 1.90 bits per heavy atom. The summed E-state index contributed by atoms with van der Waals surface area (Å²) in [6, 6.07) is 12.9. The summed E-state index contributed by atoms with van der Waals surface area (Å²) in [7, 11) is 1.90. The van der Waals surface area contributed by atoms with Crippen molar-refractivity contribution < 1.29 is 9.13 Å². The summed E-state index contributed by atoms with van der Waals surface area (Å²) in [5, 5.41) is 3.27. The van der Waals surface area contributed by atoms with Gasteiger partial charge in [-0.2, -0.15) is 0 Å². The van der Waals surface area contributed by atoms with Crippen molar-refractivity contribution in [2.24, 2.45) is 0 Å². The number of hydrogen-bond donors (Lipinski definition) is 1. The van der Waals surface area contributed by atoms with Gasteiger partial charge in [-0.3, -0.25) is 0 Å². The lowest BCUT2D eigenvalue weighted by atomic mass is 9.99. The summed E-state index contributed by atoms with van der Waals surface area (Å²) >= 11 is 3.44. The minimum Gasteiger partial charge on any atom is -0.490 e. The second kappa shape index (κ2) is 6.16. The lowest BCUT2D eigenvalue weighted by molar-refractivity contribution is 0.303. The smallest absolute Gasteiger partial charge is 0.124 e. The van der Waals surface area contributed by atoms with Crippen molar-refractivity contribution in [2.75, 3.05) is 7.05 Å². The molecule has 1 atom stereocenters. The fourth-order valence-electron chi connectivity index (χ4n) is 2.35. The number of nitrogens with one attached hydrogen (secondary N) is 1. The first-order chi connectivity index (χ1) is 10.2. The van der Waals surface area contributed by atoms with Gasteiger partial charge >= 0.3 is 0 Å². The molecule has 0 spiro atoms. The normalized spacial score (nSPS) is 15.8. The molecule has 0 radical (unpaired) electrons. The van der Waals surface area contributed by atoms with Crippen molar-refractivity contribution in [3.05, 3.63) is 63.9 Å². The third kappa shape index (κ3) is 3.44. The van der Waals surface area contributed by atoms with Gasteiger partial charge in [0, 0.05) is 4.47 Å². The molecule has 1 fully saturated rings. The average Bonchev–Trinajstić information content (AvgIpc) is 3.27.